The van der Waals surface area contributed by atoms with Crippen molar-refractivity contribution in [2.24, 2.45) is 5.10 Å². The zero-order valence-corrected chi connectivity index (χ0v) is 26.3. The van der Waals surface area contributed by atoms with Gasteiger partial charge in [-0.25, -0.2) is 13.8 Å². The second kappa shape index (κ2) is 16.1. The van der Waals surface area contributed by atoms with Crippen LogP contribution < -0.4 is 29.7 Å². The van der Waals surface area contributed by atoms with Crippen molar-refractivity contribution >= 4 is 33.7 Å². The fraction of sp³-hybridized carbons (Fsp3) is 0.182. The standard InChI is InChI=1S/C33H34N4O8S/c1-42-27-15-11-26(12-16-27)35-33(39)23-45-28-13-9-24(10-14-28)20-34-36-32(38)22-37(21-25-7-5-4-6-8-25)46(40,41)29-17-18-30(43-2)31(19-29)44-3/h4-20H,21-23H2,1-3H3,(H,35,39)(H,36,38)/b34-20+. The highest BCUT2D eigenvalue weighted by Gasteiger charge is 2.28. The number of carbonyl (C=O) groups is 2. The lowest BCUT2D eigenvalue weighted by atomic mass is 10.2. The summed E-state index contributed by atoms with van der Waals surface area (Å²) in [6.45, 7) is -0.732. The average molecular weight is 647 g/mol. The summed E-state index contributed by atoms with van der Waals surface area (Å²) in [6, 6.07) is 26.8. The molecule has 0 unspecified atom stereocenters. The van der Waals surface area contributed by atoms with Crippen LogP contribution in [-0.4, -0.2) is 65.2 Å². The van der Waals surface area contributed by atoms with Gasteiger partial charge in [-0.2, -0.15) is 9.41 Å². The van der Waals surface area contributed by atoms with Crippen molar-refractivity contribution in [3.8, 4) is 23.0 Å². The predicted molar refractivity (Wildman–Crippen MR) is 173 cm³/mol. The van der Waals surface area contributed by atoms with Gasteiger partial charge in [0.1, 0.15) is 11.5 Å². The quantitative estimate of drug-likeness (QED) is 0.145. The average Bonchev–Trinajstić information content (AvgIpc) is 3.08. The Morgan fingerprint density at radius 3 is 2.11 bits per heavy atom. The number of hydrazone groups is 1. The van der Waals surface area contributed by atoms with Crippen LogP contribution in [0.4, 0.5) is 5.69 Å². The summed E-state index contributed by atoms with van der Waals surface area (Å²) in [4.78, 5) is 25.0. The molecule has 4 rings (SSSR count). The van der Waals surface area contributed by atoms with Gasteiger partial charge in [0.05, 0.1) is 39.0 Å². The summed E-state index contributed by atoms with van der Waals surface area (Å²) in [6.07, 6.45) is 1.41. The van der Waals surface area contributed by atoms with Gasteiger partial charge in [-0.1, -0.05) is 30.3 Å². The van der Waals surface area contributed by atoms with Gasteiger partial charge in [-0.05, 0) is 71.8 Å². The molecule has 2 amide bonds. The summed E-state index contributed by atoms with van der Waals surface area (Å²) in [5.74, 6) is 0.792. The summed E-state index contributed by atoms with van der Waals surface area (Å²) < 4.78 is 49.5. The summed E-state index contributed by atoms with van der Waals surface area (Å²) in [5, 5.41) is 6.71. The lowest BCUT2D eigenvalue weighted by molar-refractivity contribution is -0.121. The first kappa shape index (κ1) is 33.5. The molecule has 13 heteroatoms. The fourth-order valence-electron chi connectivity index (χ4n) is 4.18. The third kappa shape index (κ3) is 9.30. The van der Waals surface area contributed by atoms with Crippen LogP contribution in [0.5, 0.6) is 23.0 Å². The normalized spacial score (nSPS) is 11.2. The number of benzene rings is 4. The number of carbonyl (C=O) groups excluding carboxylic acids is 2. The molecule has 0 spiro atoms. The number of ether oxygens (including phenoxy) is 4. The Bertz CT molecular complexity index is 1750. The van der Waals surface area contributed by atoms with E-state index in [9.17, 15) is 18.0 Å². The minimum Gasteiger partial charge on any atom is -0.497 e. The van der Waals surface area contributed by atoms with Crippen LogP contribution in [0, 0.1) is 0 Å². The molecule has 0 saturated heterocycles. The van der Waals surface area contributed by atoms with Crippen LogP contribution >= 0.6 is 0 Å². The molecule has 0 aromatic heterocycles. The molecule has 0 fully saturated rings. The van der Waals surface area contributed by atoms with Crippen molar-refractivity contribution in [1.82, 2.24) is 9.73 Å². The highest BCUT2D eigenvalue weighted by atomic mass is 32.2. The molecule has 0 heterocycles. The highest BCUT2D eigenvalue weighted by molar-refractivity contribution is 7.89. The van der Waals surface area contributed by atoms with E-state index in [-0.39, 0.29) is 29.7 Å². The number of hydrogen-bond donors (Lipinski definition) is 2. The second-order valence-electron chi connectivity index (χ2n) is 9.70. The van der Waals surface area contributed by atoms with Gasteiger partial charge in [0.25, 0.3) is 11.8 Å². The molecule has 0 aliphatic rings. The van der Waals surface area contributed by atoms with Gasteiger partial charge < -0.3 is 24.3 Å². The van der Waals surface area contributed by atoms with E-state index in [0.29, 0.717) is 34.1 Å². The van der Waals surface area contributed by atoms with E-state index in [0.717, 1.165) is 4.31 Å². The van der Waals surface area contributed by atoms with E-state index in [1.165, 1.54) is 38.6 Å². The molecule has 2 N–H and O–H groups in total. The Hall–Kier alpha value is -5.40. The van der Waals surface area contributed by atoms with Crippen LogP contribution in [0.1, 0.15) is 11.1 Å². The monoisotopic (exact) mass is 646 g/mol. The van der Waals surface area contributed by atoms with E-state index >= 15 is 0 Å². The van der Waals surface area contributed by atoms with Gasteiger partial charge in [-0.3, -0.25) is 9.59 Å². The molecule has 4 aromatic rings. The van der Waals surface area contributed by atoms with Crippen LogP contribution in [0.15, 0.2) is 107 Å². The summed E-state index contributed by atoms with van der Waals surface area (Å²) in [7, 11) is 0.295. The molecule has 0 aliphatic carbocycles. The van der Waals surface area contributed by atoms with Crippen molar-refractivity contribution in [1.29, 1.82) is 0 Å². The zero-order valence-electron chi connectivity index (χ0n) is 25.5. The molecule has 12 nitrogen and oxygen atoms in total. The SMILES string of the molecule is COc1ccc(NC(=O)COc2ccc(/C=N/NC(=O)CN(Cc3ccccc3)S(=O)(=O)c3ccc(OC)c(OC)c3)cc2)cc1. The van der Waals surface area contributed by atoms with Crippen molar-refractivity contribution in [2.75, 3.05) is 39.8 Å². The Morgan fingerprint density at radius 2 is 1.46 bits per heavy atom. The first-order valence-electron chi connectivity index (χ1n) is 14.0. The van der Waals surface area contributed by atoms with E-state index in [1.807, 2.05) is 6.07 Å². The largest absolute Gasteiger partial charge is 0.497 e. The van der Waals surface area contributed by atoms with Crippen molar-refractivity contribution in [3.63, 3.8) is 0 Å². The third-order valence-electron chi connectivity index (χ3n) is 6.54. The second-order valence-corrected chi connectivity index (χ2v) is 11.6. The number of nitrogens with zero attached hydrogens (tertiary/aromatic N) is 2. The van der Waals surface area contributed by atoms with Gasteiger partial charge in [0.2, 0.25) is 10.0 Å². The molecular formula is C33H34N4O8S. The van der Waals surface area contributed by atoms with E-state index in [2.05, 4.69) is 15.8 Å². The molecule has 0 saturated carbocycles. The molecule has 0 bridgehead atoms. The van der Waals surface area contributed by atoms with Crippen molar-refractivity contribution in [3.05, 3.63) is 108 Å². The number of amides is 2. The van der Waals surface area contributed by atoms with E-state index < -0.39 is 22.5 Å². The number of nitrogens with one attached hydrogen (secondary N) is 2. The predicted octanol–water partition coefficient (Wildman–Crippen LogP) is 4.07. The van der Waals surface area contributed by atoms with Gasteiger partial charge in [0.15, 0.2) is 18.1 Å². The highest BCUT2D eigenvalue weighted by Crippen LogP contribution is 2.31. The van der Waals surface area contributed by atoms with Crippen molar-refractivity contribution < 1.29 is 37.0 Å². The number of hydrogen-bond acceptors (Lipinski definition) is 9. The number of methoxy groups -OCH3 is 3. The minimum absolute atomic E-state index is 0.0474. The maximum absolute atomic E-state index is 13.6. The molecule has 0 atom stereocenters. The molecular weight excluding hydrogens is 612 g/mol. The minimum atomic E-state index is -4.13. The first-order valence-corrected chi connectivity index (χ1v) is 15.4. The van der Waals surface area contributed by atoms with Crippen LogP contribution in [-0.2, 0) is 26.2 Å². The Kier molecular flexibility index (Phi) is 11.7. The summed E-state index contributed by atoms with van der Waals surface area (Å²) in [5.41, 5.74) is 4.33. The maximum Gasteiger partial charge on any atom is 0.262 e. The van der Waals surface area contributed by atoms with Gasteiger partial charge in [0, 0.05) is 18.3 Å². The first-order chi connectivity index (χ1) is 22.2. The lowest BCUT2D eigenvalue weighted by Crippen LogP contribution is -2.39. The molecule has 240 valence electrons. The molecule has 0 radical (unpaired) electrons. The fourth-order valence-corrected chi connectivity index (χ4v) is 5.58. The maximum atomic E-state index is 13.6. The topological polar surface area (TPSA) is 145 Å². The Balaban J connectivity index is 1.35. The van der Waals surface area contributed by atoms with Gasteiger partial charge >= 0.3 is 0 Å². The molecule has 0 aliphatic heterocycles. The number of sulfonamides is 1. The van der Waals surface area contributed by atoms with E-state index in [1.54, 1.807) is 79.9 Å². The Morgan fingerprint density at radius 1 is 0.783 bits per heavy atom. The van der Waals surface area contributed by atoms with Crippen molar-refractivity contribution in [2.45, 2.75) is 11.4 Å². The zero-order chi connectivity index (χ0) is 32.9. The lowest BCUT2D eigenvalue weighted by Gasteiger charge is -2.22. The Labute approximate surface area is 267 Å². The van der Waals surface area contributed by atoms with Crippen LogP contribution in [0.3, 0.4) is 0 Å². The van der Waals surface area contributed by atoms with Crippen LogP contribution in [0.25, 0.3) is 0 Å². The summed E-state index contributed by atoms with van der Waals surface area (Å²) >= 11 is 0. The smallest absolute Gasteiger partial charge is 0.262 e. The van der Waals surface area contributed by atoms with Gasteiger partial charge in [-0.15, -0.1) is 0 Å². The number of anilines is 1. The van der Waals surface area contributed by atoms with Crippen LogP contribution in [0.2, 0.25) is 0 Å². The third-order valence-corrected chi connectivity index (χ3v) is 8.33. The molecule has 46 heavy (non-hydrogen) atoms. The number of rotatable bonds is 15. The molecule has 4 aromatic carbocycles. The van der Waals surface area contributed by atoms with E-state index in [4.69, 9.17) is 18.9 Å².